The number of hydrogen-bond donors (Lipinski definition) is 1. The zero-order valence-electron chi connectivity index (χ0n) is 16.8. The molecule has 4 aromatic rings. The van der Waals surface area contributed by atoms with Crippen molar-refractivity contribution in [1.29, 1.82) is 0 Å². The monoisotopic (exact) mass is 400 g/mol. The molecule has 0 aliphatic carbocycles. The Balaban J connectivity index is 1.64. The third-order valence-corrected chi connectivity index (χ3v) is 5.50. The van der Waals surface area contributed by atoms with Crippen LogP contribution < -0.4 is 0 Å². The van der Waals surface area contributed by atoms with Crippen LogP contribution in [-0.4, -0.2) is 14.7 Å². The highest BCUT2D eigenvalue weighted by atomic mass is 19.1. The molecule has 0 radical (unpaired) electrons. The molecule has 0 fully saturated rings. The molecule has 1 atom stereocenters. The number of aliphatic hydroxyl groups is 1. The van der Waals surface area contributed by atoms with Crippen LogP contribution in [0.5, 0.6) is 0 Å². The zero-order valence-corrected chi connectivity index (χ0v) is 16.8. The molecule has 1 unspecified atom stereocenters. The van der Waals surface area contributed by atoms with Gasteiger partial charge in [-0.2, -0.15) is 0 Å². The predicted molar refractivity (Wildman–Crippen MR) is 117 cm³/mol. The minimum atomic E-state index is -1.26. The van der Waals surface area contributed by atoms with E-state index in [0.717, 1.165) is 18.4 Å². The number of halogens is 1. The molecule has 0 aliphatic heterocycles. The Morgan fingerprint density at radius 3 is 2.13 bits per heavy atom. The third kappa shape index (κ3) is 4.50. The van der Waals surface area contributed by atoms with E-state index in [-0.39, 0.29) is 5.82 Å². The van der Waals surface area contributed by atoms with E-state index < -0.39 is 5.60 Å². The number of benzene rings is 3. The fourth-order valence-corrected chi connectivity index (χ4v) is 3.91. The zero-order chi connectivity index (χ0) is 20.8. The summed E-state index contributed by atoms with van der Waals surface area (Å²) in [7, 11) is 0. The average Bonchev–Trinajstić information content (AvgIpc) is 3.24. The van der Waals surface area contributed by atoms with E-state index in [2.05, 4.69) is 29.2 Å². The molecule has 0 aliphatic rings. The second-order valence-electron chi connectivity index (χ2n) is 7.60. The van der Waals surface area contributed by atoms with Gasteiger partial charge < -0.3 is 9.67 Å². The highest BCUT2D eigenvalue weighted by molar-refractivity contribution is 5.33. The maximum absolute atomic E-state index is 13.6. The van der Waals surface area contributed by atoms with Crippen molar-refractivity contribution < 1.29 is 9.50 Å². The molecular formula is C26H25FN2O. The first-order valence-electron chi connectivity index (χ1n) is 10.2. The lowest BCUT2D eigenvalue weighted by Gasteiger charge is -2.30. The summed E-state index contributed by atoms with van der Waals surface area (Å²) in [6.45, 7) is 0.609. The molecule has 3 aromatic carbocycles. The number of imidazole rings is 1. The lowest BCUT2D eigenvalue weighted by Crippen LogP contribution is -2.30. The van der Waals surface area contributed by atoms with Crippen LogP contribution in [0.2, 0.25) is 0 Å². The first-order valence-corrected chi connectivity index (χ1v) is 10.2. The van der Waals surface area contributed by atoms with Gasteiger partial charge in [-0.3, -0.25) is 0 Å². The average molecular weight is 400 g/mol. The van der Waals surface area contributed by atoms with Crippen LogP contribution in [-0.2, 0) is 18.6 Å². The van der Waals surface area contributed by atoms with E-state index in [9.17, 15) is 9.50 Å². The Morgan fingerprint density at radius 1 is 0.833 bits per heavy atom. The molecule has 0 amide bonds. The minimum absolute atomic E-state index is 0.317. The Hall–Kier alpha value is -3.24. The molecule has 4 rings (SSSR count). The molecule has 30 heavy (non-hydrogen) atoms. The fraction of sp³-hybridized carbons (Fsp3) is 0.192. The van der Waals surface area contributed by atoms with Crippen molar-refractivity contribution in [1.82, 2.24) is 9.55 Å². The lowest BCUT2D eigenvalue weighted by molar-refractivity contribution is 0.0607. The van der Waals surface area contributed by atoms with Crippen LogP contribution in [0.3, 0.4) is 0 Å². The van der Waals surface area contributed by atoms with Crippen molar-refractivity contribution in [3.8, 4) is 0 Å². The van der Waals surface area contributed by atoms with E-state index in [1.165, 1.54) is 17.7 Å². The largest absolute Gasteiger partial charge is 0.379 e. The predicted octanol–water partition coefficient (Wildman–Crippen LogP) is 5.33. The quantitative estimate of drug-likeness (QED) is 0.434. The van der Waals surface area contributed by atoms with E-state index >= 15 is 0 Å². The molecule has 4 heteroatoms. The van der Waals surface area contributed by atoms with Gasteiger partial charge >= 0.3 is 0 Å². The minimum Gasteiger partial charge on any atom is -0.379 e. The first-order chi connectivity index (χ1) is 14.6. The van der Waals surface area contributed by atoms with Crippen molar-refractivity contribution in [3.05, 3.63) is 126 Å². The van der Waals surface area contributed by atoms with Crippen molar-refractivity contribution in [2.24, 2.45) is 0 Å². The van der Waals surface area contributed by atoms with Gasteiger partial charge in [0, 0.05) is 6.54 Å². The maximum Gasteiger partial charge on any atom is 0.131 e. The van der Waals surface area contributed by atoms with Crippen LogP contribution in [0.4, 0.5) is 4.39 Å². The summed E-state index contributed by atoms with van der Waals surface area (Å²) in [6.07, 6.45) is 5.61. The highest BCUT2D eigenvalue weighted by Crippen LogP contribution is 2.35. The van der Waals surface area contributed by atoms with Gasteiger partial charge in [0.1, 0.15) is 11.4 Å². The highest BCUT2D eigenvalue weighted by Gasteiger charge is 2.34. The van der Waals surface area contributed by atoms with Gasteiger partial charge in [0.2, 0.25) is 0 Å². The summed E-state index contributed by atoms with van der Waals surface area (Å²) in [4.78, 5) is 4.32. The van der Waals surface area contributed by atoms with Crippen molar-refractivity contribution in [2.75, 3.05) is 0 Å². The second-order valence-corrected chi connectivity index (χ2v) is 7.60. The van der Waals surface area contributed by atoms with Crippen LogP contribution in [0.15, 0.2) is 97.5 Å². The summed E-state index contributed by atoms with van der Waals surface area (Å²) in [5.41, 5.74) is 2.49. The molecule has 1 N–H and O–H groups in total. The first kappa shape index (κ1) is 20.0. The van der Waals surface area contributed by atoms with Crippen molar-refractivity contribution in [3.63, 3.8) is 0 Å². The standard InChI is InChI=1S/C26H25FN2O/c27-24-15-13-23(14-16-24)26(30,17-7-12-21-8-3-1-4-9-21)25-18-28-20-29(25)19-22-10-5-2-6-11-22/h1-6,8-11,13-16,18,20,30H,7,12,17,19H2. The number of rotatable bonds is 8. The SMILES string of the molecule is OC(CCCc1ccccc1)(c1ccc(F)cc1)c1cncn1Cc1ccccc1. The smallest absolute Gasteiger partial charge is 0.131 e. The number of nitrogens with zero attached hydrogens (tertiary/aromatic N) is 2. The molecular weight excluding hydrogens is 375 g/mol. The van der Waals surface area contributed by atoms with Crippen LogP contribution in [0, 0.1) is 5.82 Å². The van der Waals surface area contributed by atoms with Crippen LogP contribution >= 0.6 is 0 Å². The maximum atomic E-state index is 13.6. The molecule has 0 saturated carbocycles. The Bertz CT molecular complexity index is 1060. The van der Waals surface area contributed by atoms with Crippen LogP contribution in [0.25, 0.3) is 0 Å². The van der Waals surface area contributed by atoms with E-state index in [0.29, 0.717) is 24.2 Å². The number of aromatic nitrogens is 2. The van der Waals surface area contributed by atoms with Gasteiger partial charge in [-0.25, -0.2) is 9.37 Å². The van der Waals surface area contributed by atoms with Gasteiger partial charge in [0.15, 0.2) is 0 Å². The van der Waals surface area contributed by atoms with E-state index in [4.69, 9.17) is 0 Å². The molecule has 0 saturated heterocycles. The molecule has 1 aromatic heterocycles. The van der Waals surface area contributed by atoms with Gasteiger partial charge in [0.05, 0.1) is 18.2 Å². The van der Waals surface area contributed by atoms with Gasteiger partial charge in [-0.1, -0.05) is 72.8 Å². The molecule has 0 bridgehead atoms. The second kappa shape index (κ2) is 9.06. The molecule has 3 nitrogen and oxygen atoms in total. The summed E-state index contributed by atoms with van der Waals surface area (Å²) < 4.78 is 15.5. The topological polar surface area (TPSA) is 38.1 Å². The molecule has 152 valence electrons. The number of hydrogen-bond acceptors (Lipinski definition) is 2. The number of aryl methyl sites for hydroxylation is 1. The van der Waals surface area contributed by atoms with E-state index in [1.54, 1.807) is 24.7 Å². The molecule has 0 spiro atoms. The summed E-state index contributed by atoms with van der Waals surface area (Å²) >= 11 is 0. The van der Waals surface area contributed by atoms with Gasteiger partial charge in [-0.15, -0.1) is 0 Å². The lowest BCUT2D eigenvalue weighted by atomic mass is 9.85. The summed E-state index contributed by atoms with van der Waals surface area (Å²) in [6, 6.07) is 26.4. The third-order valence-electron chi connectivity index (χ3n) is 5.50. The normalized spacial score (nSPS) is 13.1. The van der Waals surface area contributed by atoms with Crippen molar-refractivity contribution >= 4 is 0 Å². The summed E-state index contributed by atoms with van der Waals surface area (Å²) in [5.74, 6) is -0.317. The fourth-order valence-electron chi connectivity index (χ4n) is 3.91. The van der Waals surface area contributed by atoms with E-state index in [1.807, 2.05) is 41.0 Å². The van der Waals surface area contributed by atoms with Gasteiger partial charge in [0.25, 0.3) is 0 Å². The summed E-state index contributed by atoms with van der Waals surface area (Å²) in [5, 5.41) is 11.9. The van der Waals surface area contributed by atoms with Crippen molar-refractivity contribution in [2.45, 2.75) is 31.4 Å². The molecule has 1 heterocycles. The Morgan fingerprint density at radius 2 is 1.47 bits per heavy atom. The Labute approximate surface area is 176 Å². The van der Waals surface area contributed by atoms with Crippen LogP contribution in [0.1, 0.15) is 35.2 Å². The Kier molecular flexibility index (Phi) is 6.05. The van der Waals surface area contributed by atoms with Gasteiger partial charge in [-0.05, 0) is 48.1 Å².